The fourth-order valence-electron chi connectivity index (χ4n) is 1.47. The smallest absolute Gasteiger partial charge is 0.229 e. The molecule has 0 unspecified atom stereocenters. The lowest BCUT2D eigenvalue weighted by atomic mass is 10.2. The Hall–Kier alpha value is -2.08. The van der Waals surface area contributed by atoms with Crippen molar-refractivity contribution in [3.05, 3.63) is 53.2 Å². The highest BCUT2D eigenvalue weighted by Crippen LogP contribution is 2.27. The van der Waals surface area contributed by atoms with Crippen molar-refractivity contribution < 1.29 is 13.5 Å². The van der Waals surface area contributed by atoms with Gasteiger partial charge < -0.3 is 10.5 Å². The molecule has 0 amide bonds. The number of aryl methyl sites for hydroxylation is 1. The van der Waals surface area contributed by atoms with E-state index in [0.717, 1.165) is 6.07 Å². The minimum absolute atomic E-state index is 0.0528. The largest absolute Gasteiger partial charge is 0.435 e. The number of thiocarbonyl (C=S) groups is 1. The molecule has 98 valence electrons. The van der Waals surface area contributed by atoms with Crippen molar-refractivity contribution in [2.75, 3.05) is 0 Å². The molecule has 0 aliphatic rings. The molecule has 19 heavy (non-hydrogen) atoms. The summed E-state index contributed by atoms with van der Waals surface area (Å²) in [5.74, 6) is -2.30. The zero-order valence-electron chi connectivity index (χ0n) is 9.98. The first-order valence-electron chi connectivity index (χ1n) is 5.38. The van der Waals surface area contributed by atoms with E-state index in [0.29, 0.717) is 11.3 Å². The van der Waals surface area contributed by atoms with Crippen molar-refractivity contribution in [2.45, 2.75) is 6.92 Å². The zero-order chi connectivity index (χ0) is 14.0. The summed E-state index contributed by atoms with van der Waals surface area (Å²) in [6.45, 7) is 1.73. The van der Waals surface area contributed by atoms with Crippen LogP contribution >= 0.6 is 12.2 Å². The van der Waals surface area contributed by atoms with Gasteiger partial charge >= 0.3 is 0 Å². The van der Waals surface area contributed by atoms with Gasteiger partial charge in [-0.3, -0.25) is 0 Å². The predicted molar refractivity (Wildman–Crippen MR) is 71.3 cm³/mol. The predicted octanol–water partition coefficient (Wildman–Crippen LogP) is 3.09. The Bertz CT molecular complexity index is 647. The lowest BCUT2D eigenvalue weighted by molar-refractivity contribution is 0.404. The van der Waals surface area contributed by atoms with E-state index >= 15 is 0 Å². The van der Waals surface area contributed by atoms with Crippen molar-refractivity contribution in [2.24, 2.45) is 5.73 Å². The molecule has 0 saturated carbocycles. The van der Waals surface area contributed by atoms with Crippen LogP contribution in [0.3, 0.4) is 0 Å². The topological polar surface area (TPSA) is 48.1 Å². The van der Waals surface area contributed by atoms with Gasteiger partial charge in [-0.05, 0) is 31.2 Å². The molecule has 2 N–H and O–H groups in total. The third-order valence-corrected chi connectivity index (χ3v) is 2.61. The van der Waals surface area contributed by atoms with Crippen LogP contribution in [-0.4, -0.2) is 9.97 Å². The van der Waals surface area contributed by atoms with Crippen LogP contribution in [0.4, 0.5) is 8.78 Å². The van der Waals surface area contributed by atoms with Gasteiger partial charge in [0.2, 0.25) is 11.7 Å². The molecule has 2 aromatic rings. The summed E-state index contributed by atoms with van der Waals surface area (Å²) < 4.78 is 31.9. The maximum absolute atomic E-state index is 13.5. The van der Waals surface area contributed by atoms with Crippen LogP contribution < -0.4 is 10.5 Å². The average Bonchev–Trinajstić information content (AvgIpc) is 2.35. The SMILES string of the molecule is Cc1ccc(C(N)=S)c(Oc2cccc(F)c2F)n1. The first-order chi connectivity index (χ1) is 8.99. The molecule has 6 heteroatoms. The molecule has 0 aliphatic heterocycles. The fourth-order valence-corrected chi connectivity index (χ4v) is 1.62. The summed E-state index contributed by atoms with van der Waals surface area (Å²) >= 11 is 4.86. The highest BCUT2D eigenvalue weighted by Gasteiger charge is 2.14. The van der Waals surface area contributed by atoms with Gasteiger partial charge in [-0.25, -0.2) is 9.37 Å². The number of nitrogens with zero attached hydrogens (tertiary/aromatic N) is 1. The molecule has 0 fully saturated rings. The highest BCUT2D eigenvalue weighted by atomic mass is 32.1. The van der Waals surface area contributed by atoms with Crippen molar-refractivity contribution >= 4 is 17.2 Å². The molecule has 0 atom stereocenters. The summed E-state index contributed by atoms with van der Waals surface area (Å²) in [6, 6.07) is 6.95. The molecule has 0 spiro atoms. The van der Waals surface area contributed by atoms with E-state index in [1.165, 1.54) is 12.1 Å². The van der Waals surface area contributed by atoms with Crippen LogP contribution in [0, 0.1) is 18.6 Å². The van der Waals surface area contributed by atoms with Gasteiger partial charge in [0.15, 0.2) is 11.6 Å². The summed E-state index contributed by atoms with van der Waals surface area (Å²) in [7, 11) is 0. The number of aromatic nitrogens is 1. The van der Waals surface area contributed by atoms with Crippen molar-refractivity contribution in [3.8, 4) is 11.6 Å². The zero-order valence-corrected chi connectivity index (χ0v) is 10.8. The molecule has 0 aliphatic carbocycles. The van der Waals surface area contributed by atoms with E-state index in [-0.39, 0.29) is 16.6 Å². The van der Waals surface area contributed by atoms with Crippen LogP contribution in [-0.2, 0) is 0 Å². The molecule has 1 aromatic carbocycles. The summed E-state index contributed by atoms with van der Waals surface area (Å²) in [5.41, 5.74) is 6.54. The van der Waals surface area contributed by atoms with Crippen molar-refractivity contribution in [1.82, 2.24) is 4.98 Å². The average molecular weight is 280 g/mol. The van der Waals surface area contributed by atoms with E-state index in [4.69, 9.17) is 22.7 Å². The summed E-state index contributed by atoms with van der Waals surface area (Å²) in [5, 5.41) is 0. The molecule has 0 radical (unpaired) electrons. The molecule has 2 rings (SSSR count). The van der Waals surface area contributed by atoms with Gasteiger partial charge in [0.25, 0.3) is 0 Å². The van der Waals surface area contributed by atoms with E-state index in [2.05, 4.69) is 4.98 Å². The minimum atomic E-state index is -1.08. The van der Waals surface area contributed by atoms with Gasteiger partial charge in [0, 0.05) is 5.69 Å². The third-order valence-electron chi connectivity index (χ3n) is 2.39. The number of nitrogens with two attached hydrogens (primary N) is 1. The third kappa shape index (κ3) is 2.85. The number of rotatable bonds is 3. The standard InChI is InChI=1S/C13H10F2N2OS/c1-7-5-6-8(12(16)19)13(17-7)18-10-4-2-3-9(14)11(10)15/h2-6H,1H3,(H2,16,19). The Labute approximate surface area is 114 Å². The van der Waals surface area contributed by atoms with E-state index < -0.39 is 11.6 Å². The Kier molecular flexibility index (Phi) is 3.71. The number of halogens is 2. The van der Waals surface area contributed by atoms with Crippen LogP contribution in [0.2, 0.25) is 0 Å². The van der Waals surface area contributed by atoms with E-state index in [1.807, 2.05) is 0 Å². The number of benzene rings is 1. The number of ether oxygens (including phenoxy) is 1. The number of hydrogen-bond acceptors (Lipinski definition) is 3. The van der Waals surface area contributed by atoms with Crippen LogP contribution in [0.25, 0.3) is 0 Å². The molecule has 0 bridgehead atoms. The first-order valence-corrected chi connectivity index (χ1v) is 5.79. The Balaban J connectivity index is 2.45. The monoisotopic (exact) mass is 280 g/mol. The first kappa shape index (κ1) is 13.4. The second kappa shape index (κ2) is 5.27. The molecule has 3 nitrogen and oxygen atoms in total. The van der Waals surface area contributed by atoms with Gasteiger partial charge in [-0.2, -0.15) is 4.39 Å². The molecular weight excluding hydrogens is 270 g/mol. The highest BCUT2D eigenvalue weighted by molar-refractivity contribution is 7.80. The van der Waals surface area contributed by atoms with Crippen LogP contribution in [0.15, 0.2) is 30.3 Å². The molecule has 1 aromatic heterocycles. The molecule has 0 saturated heterocycles. The van der Waals surface area contributed by atoms with E-state index in [1.54, 1.807) is 19.1 Å². The van der Waals surface area contributed by atoms with Crippen LogP contribution in [0.1, 0.15) is 11.3 Å². The maximum Gasteiger partial charge on any atom is 0.229 e. The quantitative estimate of drug-likeness (QED) is 0.878. The van der Waals surface area contributed by atoms with Crippen molar-refractivity contribution in [1.29, 1.82) is 0 Å². The second-order valence-corrected chi connectivity index (χ2v) is 4.26. The van der Waals surface area contributed by atoms with Crippen LogP contribution in [0.5, 0.6) is 11.6 Å². The molecule has 1 heterocycles. The lowest BCUT2D eigenvalue weighted by Gasteiger charge is -2.10. The Morgan fingerprint density at radius 3 is 2.68 bits per heavy atom. The fraction of sp³-hybridized carbons (Fsp3) is 0.0769. The number of pyridine rings is 1. The van der Waals surface area contributed by atoms with Crippen molar-refractivity contribution in [3.63, 3.8) is 0 Å². The second-order valence-electron chi connectivity index (χ2n) is 3.82. The van der Waals surface area contributed by atoms with Gasteiger partial charge in [0.1, 0.15) is 4.99 Å². The normalized spacial score (nSPS) is 10.3. The Morgan fingerprint density at radius 1 is 1.26 bits per heavy atom. The minimum Gasteiger partial charge on any atom is -0.435 e. The lowest BCUT2D eigenvalue weighted by Crippen LogP contribution is -2.12. The van der Waals surface area contributed by atoms with E-state index in [9.17, 15) is 8.78 Å². The van der Waals surface area contributed by atoms with Gasteiger partial charge in [-0.1, -0.05) is 18.3 Å². The maximum atomic E-state index is 13.5. The summed E-state index contributed by atoms with van der Waals surface area (Å²) in [4.78, 5) is 4.15. The molecular formula is C13H10F2N2OS. The van der Waals surface area contributed by atoms with Gasteiger partial charge in [-0.15, -0.1) is 0 Å². The Morgan fingerprint density at radius 2 is 2.00 bits per heavy atom. The summed E-state index contributed by atoms with van der Waals surface area (Å²) in [6.07, 6.45) is 0. The number of hydrogen-bond donors (Lipinski definition) is 1. The van der Waals surface area contributed by atoms with Gasteiger partial charge in [0.05, 0.1) is 5.56 Å².